The standard InChI is InChI=1S/C25H25N9O3S/c1-14(2)30-19-9-20(21-6-5-16-8-15(10-26)11-29-34(16)21)27-13-18(19)22-31-32-23(38-22)24(35)33-7-3-4-17(33)12-28-25(36)37/h5-6,8-9,11,13-14,17,28H,3-4,7,12H2,1-2H3,(H,27,30)(H,36,37). The van der Waals surface area contributed by atoms with E-state index in [1.807, 2.05) is 32.0 Å². The highest BCUT2D eigenvalue weighted by Gasteiger charge is 2.32. The lowest BCUT2D eigenvalue weighted by Gasteiger charge is -2.23. The number of aromatic nitrogens is 5. The SMILES string of the molecule is CC(C)Nc1cc(-c2ccc3cc(C#N)cnn23)ncc1-c1nnc(C(=O)N2CCCC2CNC(=O)O)s1. The maximum Gasteiger partial charge on any atom is 0.404 e. The minimum Gasteiger partial charge on any atom is -0.465 e. The zero-order chi connectivity index (χ0) is 26.8. The van der Waals surface area contributed by atoms with Gasteiger partial charge in [-0.05, 0) is 51.0 Å². The Kier molecular flexibility index (Phi) is 6.89. The molecule has 0 saturated carbocycles. The van der Waals surface area contributed by atoms with Gasteiger partial charge in [0.25, 0.3) is 5.91 Å². The molecule has 13 heteroatoms. The lowest BCUT2D eigenvalue weighted by atomic mass is 10.1. The third-order valence-corrected chi connectivity index (χ3v) is 7.15. The number of carbonyl (C=O) groups is 2. The number of likely N-dealkylation sites (tertiary alicyclic amines) is 1. The van der Waals surface area contributed by atoms with Crippen LogP contribution in [0.2, 0.25) is 0 Å². The second-order valence-corrected chi connectivity index (χ2v) is 10.2. The number of nitriles is 1. The van der Waals surface area contributed by atoms with E-state index in [0.29, 0.717) is 28.4 Å². The Hall–Kier alpha value is -4.57. The zero-order valence-electron chi connectivity index (χ0n) is 20.7. The monoisotopic (exact) mass is 531 g/mol. The number of carbonyl (C=O) groups excluding carboxylic acids is 1. The van der Waals surface area contributed by atoms with E-state index in [0.717, 1.165) is 29.7 Å². The first-order chi connectivity index (χ1) is 18.3. The Balaban J connectivity index is 1.44. The van der Waals surface area contributed by atoms with Gasteiger partial charge >= 0.3 is 6.09 Å². The summed E-state index contributed by atoms with van der Waals surface area (Å²) in [7, 11) is 0. The van der Waals surface area contributed by atoms with Gasteiger partial charge in [-0.3, -0.25) is 9.78 Å². The Morgan fingerprint density at radius 2 is 2.11 bits per heavy atom. The van der Waals surface area contributed by atoms with Crippen LogP contribution in [0.1, 0.15) is 42.1 Å². The van der Waals surface area contributed by atoms with Gasteiger partial charge in [0.15, 0.2) is 5.01 Å². The maximum atomic E-state index is 13.2. The van der Waals surface area contributed by atoms with E-state index in [1.165, 1.54) is 17.5 Å². The van der Waals surface area contributed by atoms with Crippen molar-refractivity contribution in [2.24, 2.45) is 0 Å². The van der Waals surface area contributed by atoms with Crippen molar-refractivity contribution in [3.05, 3.63) is 47.2 Å². The molecule has 0 aliphatic carbocycles. The lowest BCUT2D eigenvalue weighted by Crippen LogP contribution is -2.42. The first-order valence-electron chi connectivity index (χ1n) is 12.1. The molecule has 0 spiro atoms. The summed E-state index contributed by atoms with van der Waals surface area (Å²) in [5.41, 5.74) is 4.22. The molecule has 1 unspecified atom stereocenters. The molecule has 38 heavy (non-hydrogen) atoms. The molecule has 0 radical (unpaired) electrons. The fraction of sp³-hybridized carbons (Fsp3) is 0.320. The normalized spacial score (nSPS) is 15.1. The molecule has 1 atom stereocenters. The van der Waals surface area contributed by atoms with Crippen LogP contribution in [0.3, 0.4) is 0 Å². The number of anilines is 1. The van der Waals surface area contributed by atoms with Gasteiger partial charge in [-0.25, -0.2) is 9.31 Å². The first kappa shape index (κ1) is 25.1. The second-order valence-electron chi connectivity index (χ2n) is 9.22. The highest BCUT2D eigenvalue weighted by molar-refractivity contribution is 7.16. The van der Waals surface area contributed by atoms with Crippen molar-refractivity contribution in [1.29, 1.82) is 5.26 Å². The minimum atomic E-state index is -1.11. The van der Waals surface area contributed by atoms with Gasteiger partial charge in [-0.15, -0.1) is 10.2 Å². The number of pyridine rings is 1. The fourth-order valence-corrected chi connectivity index (χ4v) is 5.34. The maximum absolute atomic E-state index is 13.2. The summed E-state index contributed by atoms with van der Waals surface area (Å²) >= 11 is 1.18. The summed E-state index contributed by atoms with van der Waals surface area (Å²) in [5, 5.41) is 37.5. The molecular formula is C25H25N9O3S. The van der Waals surface area contributed by atoms with Crippen LogP contribution < -0.4 is 10.6 Å². The molecular weight excluding hydrogens is 506 g/mol. The summed E-state index contributed by atoms with van der Waals surface area (Å²) in [6.07, 6.45) is 3.64. The highest BCUT2D eigenvalue weighted by Crippen LogP contribution is 2.34. The molecule has 0 bridgehead atoms. The van der Waals surface area contributed by atoms with Gasteiger partial charge in [-0.1, -0.05) is 11.3 Å². The number of nitrogens with one attached hydrogen (secondary N) is 2. The summed E-state index contributed by atoms with van der Waals surface area (Å²) < 4.78 is 1.73. The Bertz CT molecular complexity index is 1560. The van der Waals surface area contributed by atoms with E-state index in [2.05, 4.69) is 37.0 Å². The molecule has 1 aliphatic rings. The van der Waals surface area contributed by atoms with Crippen LogP contribution in [0.25, 0.3) is 27.5 Å². The van der Waals surface area contributed by atoms with E-state index >= 15 is 0 Å². The van der Waals surface area contributed by atoms with E-state index in [4.69, 9.17) is 10.4 Å². The number of hydrogen-bond donors (Lipinski definition) is 3. The third-order valence-electron chi connectivity index (χ3n) is 6.21. The van der Waals surface area contributed by atoms with Crippen LogP contribution in [0.4, 0.5) is 10.5 Å². The average molecular weight is 532 g/mol. The molecule has 194 valence electrons. The summed E-state index contributed by atoms with van der Waals surface area (Å²) in [6, 6.07) is 9.47. The van der Waals surface area contributed by atoms with E-state index < -0.39 is 6.09 Å². The van der Waals surface area contributed by atoms with Crippen LogP contribution in [0, 0.1) is 11.3 Å². The summed E-state index contributed by atoms with van der Waals surface area (Å²) in [5.74, 6) is -0.256. The largest absolute Gasteiger partial charge is 0.465 e. The molecule has 1 fully saturated rings. The van der Waals surface area contributed by atoms with Crippen molar-refractivity contribution in [2.45, 2.75) is 38.8 Å². The highest BCUT2D eigenvalue weighted by atomic mass is 32.1. The molecule has 4 aromatic rings. The van der Waals surface area contributed by atoms with Crippen molar-refractivity contribution in [3.8, 4) is 28.0 Å². The molecule has 4 aromatic heterocycles. The Labute approximate surface area is 221 Å². The molecule has 1 saturated heterocycles. The average Bonchev–Trinajstić information content (AvgIpc) is 3.66. The lowest BCUT2D eigenvalue weighted by molar-refractivity contribution is 0.0733. The van der Waals surface area contributed by atoms with Crippen LogP contribution in [-0.4, -0.2) is 72.0 Å². The quantitative estimate of drug-likeness (QED) is 0.324. The number of rotatable bonds is 7. The van der Waals surface area contributed by atoms with Crippen molar-refractivity contribution >= 4 is 34.5 Å². The zero-order valence-corrected chi connectivity index (χ0v) is 21.6. The van der Waals surface area contributed by atoms with Crippen LogP contribution in [0.15, 0.2) is 36.7 Å². The smallest absolute Gasteiger partial charge is 0.404 e. The van der Waals surface area contributed by atoms with Crippen LogP contribution in [0.5, 0.6) is 0 Å². The van der Waals surface area contributed by atoms with E-state index in [1.54, 1.807) is 21.7 Å². The van der Waals surface area contributed by atoms with Gasteiger partial charge < -0.3 is 20.6 Å². The summed E-state index contributed by atoms with van der Waals surface area (Å²) in [4.78, 5) is 30.4. The third kappa shape index (κ3) is 4.98. The van der Waals surface area contributed by atoms with Crippen molar-refractivity contribution < 1.29 is 14.7 Å². The molecule has 0 aromatic carbocycles. The predicted molar refractivity (Wildman–Crippen MR) is 141 cm³/mol. The molecule has 3 N–H and O–H groups in total. The second kappa shape index (κ2) is 10.4. The number of nitrogens with zero attached hydrogens (tertiary/aromatic N) is 7. The molecule has 12 nitrogen and oxygen atoms in total. The predicted octanol–water partition coefficient (Wildman–Crippen LogP) is 3.48. The summed E-state index contributed by atoms with van der Waals surface area (Å²) in [6.45, 7) is 4.78. The van der Waals surface area contributed by atoms with E-state index in [-0.39, 0.29) is 29.5 Å². The Morgan fingerprint density at radius 3 is 2.87 bits per heavy atom. The number of amides is 2. The van der Waals surface area contributed by atoms with Gasteiger partial charge in [0.1, 0.15) is 6.07 Å². The van der Waals surface area contributed by atoms with Crippen LogP contribution >= 0.6 is 11.3 Å². The first-order valence-corrected chi connectivity index (χ1v) is 12.9. The minimum absolute atomic E-state index is 0.116. The number of carboxylic acid groups (broad SMARTS) is 1. The number of fused-ring (bicyclic) bond motifs is 1. The van der Waals surface area contributed by atoms with Gasteiger partial charge in [0.2, 0.25) is 5.01 Å². The fourth-order valence-electron chi connectivity index (χ4n) is 4.51. The molecule has 5 heterocycles. The molecule has 1 aliphatic heterocycles. The van der Waals surface area contributed by atoms with Crippen molar-refractivity contribution in [2.75, 3.05) is 18.4 Å². The van der Waals surface area contributed by atoms with Gasteiger partial charge in [-0.2, -0.15) is 10.4 Å². The van der Waals surface area contributed by atoms with Crippen molar-refractivity contribution in [1.82, 2.24) is 35.0 Å². The van der Waals surface area contributed by atoms with Gasteiger partial charge in [0, 0.05) is 37.1 Å². The Morgan fingerprint density at radius 1 is 1.26 bits per heavy atom. The van der Waals surface area contributed by atoms with Gasteiger partial charge in [0.05, 0.1) is 34.2 Å². The van der Waals surface area contributed by atoms with Crippen molar-refractivity contribution in [3.63, 3.8) is 0 Å². The topological polar surface area (TPSA) is 161 Å². The van der Waals surface area contributed by atoms with E-state index in [9.17, 15) is 9.59 Å². The molecule has 2 amide bonds. The van der Waals surface area contributed by atoms with Crippen LogP contribution in [-0.2, 0) is 0 Å². The number of hydrogen-bond acceptors (Lipinski definition) is 9. The molecule has 5 rings (SSSR count).